The largest absolute Gasteiger partial charge is 0.484 e. The first kappa shape index (κ1) is 83.7. The highest BCUT2D eigenvalue weighted by atomic mass is 35.5. The number of hydrogen-bond donors (Lipinski definition) is 0. The maximum absolute atomic E-state index is 13.4. The van der Waals surface area contributed by atoms with Gasteiger partial charge >= 0.3 is 0 Å². The predicted molar refractivity (Wildman–Crippen MR) is 454 cm³/mol. The summed E-state index contributed by atoms with van der Waals surface area (Å²) < 4.78 is 135. The third-order valence-electron chi connectivity index (χ3n) is 22.7. The van der Waals surface area contributed by atoms with Crippen LogP contribution >= 0.6 is 105 Å². The summed E-state index contributed by atoms with van der Waals surface area (Å²) in [5, 5.41) is 3.93. The van der Waals surface area contributed by atoms with Gasteiger partial charge in [-0.15, -0.1) is 69.7 Å². The lowest BCUT2D eigenvalue weighted by molar-refractivity contribution is -0.112. The molecule has 12 aliphatic rings. The number of halogens is 3. The smallest absolute Gasteiger partial charge is 0.262 e. The van der Waals surface area contributed by atoms with Crippen LogP contribution < -0.4 is 0 Å². The summed E-state index contributed by atoms with van der Waals surface area (Å²) >= 11 is 26.0. The highest BCUT2D eigenvalue weighted by molar-refractivity contribution is 8.05. The molecule has 0 atom stereocenters. The molecule has 4 aliphatic carbocycles. The Morgan fingerprint density at radius 2 is 0.689 bits per heavy atom. The van der Waals surface area contributed by atoms with Gasteiger partial charge in [0.2, 0.25) is 66.3 Å². The molecule has 0 saturated carbocycles. The van der Waals surface area contributed by atoms with Crippen molar-refractivity contribution >= 4 is 219 Å². The first-order chi connectivity index (χ1) is 56.7. The number of Topliss-reactive ketones (excluding diaryl/α,β-unsaturated/α-hetero) is 8. The van der Waals surface area contributed by atoms with Crippen molar-refractivity contribution in [2.24, 2.45) is 0 Å². The Bertz CT molecular complexity index is 6350. The number of ether oxygens (including phenoxy) is 4. The van der Waals surface area contributed by atoms with E-state index in [1.807, 2.05) is 12.1 Å². The molecule has 4 spiro atoms. The Morgan fingerprint density at radius 1 is 0.361 bits per heavy atom. The minimum atomic E-state index is -3.85. The molecule has 8 aliphatic heterocycles. The molecule has 11 heterocycles. The molecule has 8 aromatic rings. The number of carbonyl (C=O) groups is 8. The molecule has 4 saturated heterocycles. The molecule has 5 aromatic carbocycles. The van der Waals surface area contributed by atoms with Crippen LogP contribution in [-0.4, -0.2) is 211 Å². The second-order valence-corrected chi connectivity index (χ2v) is 44.8. The Labute approximate surface area is 723 Å². The number of allylic oxidation sites excluding steroid dienone is 4. The number of hydrogen-bond acceptors (Lipinski definition) is 27. The molecule has 618 valence electrons. The Balaban J connectivity index is 0.000000114. The average molecular weight is 1860 g/mol. The molecule has 39 heteroatoms. The van der Waals surface area contributed by atoms with Gasteiger partial charge in [-0.1, -0.05) is 138 Å². The van der Waals surface area contributed by atoms with Crippen molar-refractivity contribution in [3.8, 4) is 0 Å². The number of ketones is 8. The summed E-state index contributed by atoms with van der Waals surface area (Å²) in [4.78, 5) is 106. The van der Waals surface area contributed by atoms with Crippen LogP contribution in [0.3, 0.4) is 0 Å². The molecular formula is C80H67Cl3N6O20S10. The van der Waals surface area contributed by atoms with Gasteiger partial charge in [0.05, 0.1) is 21.2 Å². The standard InChI is InChI=1S/C22H17Cl2NO5S2.C21H16ClN3O5S3.C20H17NO5S3.C17H17NO5S2/c23-16-6-5-13(11-17(16)24)32(28,29)25-9-7-22(8-10-25)12-31-21-19(27)18(26)14-3-1-2-4-15(14)20(21)30-22;22-18-19(25-9-10-31-20(25)23-18)33(28,29)24-7-5-21(6-8-24)11-32-17-15(27)14(26)12-3-1-2-4-13(12)16(17)30-21;22-16-13-4-1-2-5-14(13)18-19(17(16)23)28-12-20(26-18)7-9-21(10-8-20)29(24,25)15-6-3-11-27-15;1-25(21,22)18-8-6-17(7-9-18)10-24-16-14(20)13(19)11-4-2-3-5-12(11)15(16)23-17/h1-6,11H,7-10,12H2;1-4,9-10H,5-8,11H2;1-6,11H,7-10,12H2;2-5H,6-10H2,1H3. The number of thioether (sulfide) groups is 4. The summed E-state index contributed by atoms with van der Waals surface area (Å²) in [5.41, 5.74) is 1.67. The lowest BCUT2D eigenvalue weighted by Gasteiger charge is -2.45. The number of rotatable bonds is 7. The zero-order chi connectivity index (χ0) is 83.7. The minimum absolute atomic E-state index is 0.0226. The fourth-order valence-corrected chi connectivity index (χ4v) is 29.2. The van der Waals surface area contributed by atoms with Crippen LogP contribution in [0.5, 0.6) is 0 Å². The molecular weight excluding hydrogens is 1790 g/mol. The summed E-state index contributed by atoms with van der Waals surface area (Å²) in [5.74, 6) is -0.305. The van der Waals surface area contributed by atoms with E-state index in [-0.39, 0.29) is 46.3 Å². The second kappa shape index (κ2) is 31.9. The number of nitrogens with zero attached hydrogens (tertiary/aromatic N) is 6. The molecule has 3 aromatic heterocycles. The van der Waals surface area contributed by atoms with E-state index < -0.39 is 109 Å². The second-order valence-electron chi connectivity index (χ2n) is 29.9. The van der Waals surface area contributed by atoms with Gasteiger partial charge < -0.3 is 18.9 Å². The maximum Gasteiger partial charge on any atom is 0.262 e. The van der Waals surface area contributed by atoms with Crippen LogP contribution in [0.25, 0.3) is 28.0 Å². The van der Waals surface area contributed by atoms with Crippen LogP contribution in [0.4, 0.5) is 0 Å². The van der Waals surface area contributed by atoms with Gasteiger partial charge in [0.25, 0.3) is 20.0 Å². The lowest BCUT2D eigenvalue weighted by atomic mass is 9.90. The molecule has 0 N–H and O–H groups in total. The zero-order valence-electron chi connectivity index (χ0n) is 62.6. The predicted octanol–water partition coefficient (Wildman–Crippen LogP) is 12.7. The molecule has 0 unspecified atom stereocenters. The minimum Gasteiger partial charge on any atom is -0.484 e. The summed E-state index contributed by atoms with van der Waals surface area (Å²) in [7, 11) is -14.3. The first-order valence-electron chi connectivity index (χ1n) is 37.3. The molecule has 4 fully saturated rings. The first-order valence-corrected chi connectivity index (χ1v) is 50.3. The van der Waals surface area contributed by atoms with Gasteiger partial charge in [-0.2, -0.15) is 12.9 Å². The van der Waals surface area contributed by atoms with Crippen LogP contribution in [0.2, 0.25) is 15.2 Å². The summed E-state index contributed by atoms with van der Waals surface area (Å²) in [6.45, 7) is 2.53. The van der Waals surface area contributed by atoms with E-state index in [1.54, 1.807) is 114 Å². The van der Waals surface area contributed by atoms with Crippen molar-refractivity contribution in [1.82, 2.24) is 26.6 Å². The van der Waals surface area contributed by atoms with Gasteiger partial charge in [-0.05, 0) is 29.6 Å². The van der Waals surface area contributed by atoms with Crippen LogP contribution in [-0.2, 0) is 78.2 Å². The highest BCUT2D eigenvalue weighted by Gasteiger charge is 2.53. The van der Waals surface area contributed by atoms with Crippen molar-refractivity contribution in [3.63, 3.8) is 0 Å². The number of fused-ring (bicyclic) bond motifs is 9. The molecule has 119 heavy (non-hydrogen) atoms. The van der Waals surface area contributed by atoms with E-state index in [9.17, 15) is 72.0 Å². The molecule has 0 bridgehead atoms. The molecule has 0 amide bonds. The van der Waals surface area contributed by atoms with E-state index in [0.717, 1.165) is 0 Å². The highest BCUT2D eigenvalue weighted by Crippen LogP contribution is 2.53. The van der Waals surface area contributed by atoms with E-state index in [0.29, 0.717) is 202 Å². The van der Waals surface area contributed by atoms with Gasteiger partial charge in [-0.25, -0.2) is 43.0 Å². The number of thiazole rings is 1. The number of aromatic nitrogens is 2. The number of sulfonamides is 4. The quantitative estimate of drug-likeness (QED) is 0.134. The number of imidazole rings is 1. The third kappa shape index (κ3) is 15.2. The van der Waals surface area contributed by atoms with E-state index in [1.165, 1.54) is 116 Å². The van der Waals surface area contributed by atoms with Crippen LogP contribution in [0.15, 0.2) is 178 Å². The zero-order valence-corrected chi connectivity index (χ0v) is 73.0. The fourth-order valence-electron chi connectivity index (χ4n) is 16.1. The number of thiophene rings is 1. The summed E-state index contributed by atoms with van der Waals surface area (Å²) in [6.07, 6.45) is 6.87. The number of piperidine rings is 4. The Hall–Kier alpha value is -7.60. The van der Waals surface area contributed by atoms with Crippen molar-refractivity contribution in [2.75, 3.05) is 81.6 Å². The van der Waals surface area contributed by atoms with Gasteiger partial charge in [0.1, 0.15) is 69.3 Å². The van der Waals surface area contributed by atoms with Crippen molar-refractivity contribution in [3.05, 3.63) is 224 Å². The molecule has 26 nitrogen and oxygen atoms in total. The van der Waals surface area contributed by atoms with Gasteiger partial charge in [-0.3, -0.25) is 42.8 Å². The van der Waals surface area contributed by atoms with Gasteiger partial charge in [0, 0.05) is 183 Å². The van der Waals surface area contributed by atoms with Crippen LogP contribution in [0, 0.1) is 0 Å². The lowest BCUT2D eigenvalue weighted by Crippen LogP contribution is -2.51. The number of benzene rings is 5. The maximum atomic E-state index is 13.4. The monoisotopic (exact) mass is 1860 g/mol. The van der Waals surface area contributed by atoms with Crippen molar-refractivity contribution in [2.45, 2.75) is 87.9 Å². The van der Waals surface area contributed by atoms with Crippen LogP contribution in [0.1, 0.15) is 115 Å². The fraction of sp³-hybridized carbons (Fsp3) is 0.312. The Morgan fingerprint density at radius 3 is 1.02 bits per heavy atom. The number of carbonyl (C=O) groups excluding carboxylic acids is 8. The van der Waals surface area contributed by atoms with E-state index >= 15 is 0 Å². The molecule has 20 rings (SSSR count). The Kier molecular flexibility index (Phi) is 22.5. The third-order valence-corrected chi connectivity index (χ3v) is 38.3. The van der Waals surface area contributed by atoms with Crippen molar-refractivity contribution < 1.29 is 91.0 Å². The topological polar surface area (TPSA) is 340 Å². The van der Waals surface area contributed by atoms with Gasteiger partial charge in [0.15, 0.2) is 15.1 Å². The normalized spacial score (nSPS) is 21.5. The average Bonchev–Trinajstić information content (AvgIpc) is 1.51. The van der Waals surface area contributed by atoms with Crippen molar-refractivity contribution in [1.29, 1.82) is 0 Å². The summed E-state index contributed by atoms with van der Waals surface area (Å²) in [6, 6.07) is 35.4. The molecule has 0 radical (unpaired) electrons. The van der Waals surface area contributed by atoms with E-state index in [2.05, 4.69) is 4.98 Å². The SMILES string of the molecule is CS(=O)(=O)N1CCC2(CC1)CSC1=C(O2)c2ccccc2C(=O)C1=O.O=C1C(=O)c2ccccc2C2=C1SCC1(CCN(S(=O)(=O)c3c(Cl)nc4sccn34)CC1)O2.O=C1C(=O)c2ccccc2C2=C1SCC1(CCN(S(=O)(=O)c3ccc(Cl)c(Cl)c3)CC1)O2.O=C1C(=O)c2ccccc2C2=C1SCC1(CCN(S(=O)(=O)c3cccs3)CC1)O2. The van der Waals surface area contributed by atoms with E-state index in [4.69, 9.17) is 53.8 Å².